The molecule has 0 aliphatic carbocycles. The number of aliphatic carboxylic acids is 1. The quantitative estimate of drug-likeness (QED) is 0.867. The number of carboxylic acids is 1. The van der Waals surface area contributed by atoms with Crippen LogP contribution in [0.5, 0.6) is 0 Å². The van der Waals surface area contributed by atoms with Gasteiger partial charge in [-0.3, -0.25) is 9.48 Å². The van der Waals surface area contributed by atoms with Crippen LogP contribution in [-0.2, 0) is 24.2 Å². The summed E-state index contributed by atoms with van der Waals surface area (Å²) >= 11 is 3.42. The van der Waals surface area contributed by atoms with E-state index in [2.05, 4.69) is 21.0 Å². The second kappa shape index (κ2) is 6.89. The molecule has 1 atom stereocenters. The highest BCUT2D eigenvalue weighted by Gasteiger charge is 2.21. The van der Waals surface area contributed by atoms with Gasteiger partial charge >= 0.3 is 5.97 Å². The first-order chi connectivity index (χ1) is 9.99. The Morgan fingerprint density at radius 1 is 1.38 bits per heavy atom. The van der Waals surface area contributed by atoms with Gasteiger partial charge in [0.1, 0.15) is 0 Å². The summed E-state index contributed by atoms with van der Waals surface area (Å²) in [5.41, 5.74) is 2.94. The summed E-state index contributed by atoms with van der Waals surface area (Å²) < 4.78 is 2.85. The minimum atomic E-state index is -0.767. The Balaban J connectivity index is 2.17. The van der Waals surface area contributed by atoms with Crippen LogP contribution < -0.4 is 0 Å². The normalized spacial score (nSPS) is 12.3. The highest BCUT2D eigenvalue weighted by atomic mass is 79.9. The molecule has 2 aromatic rings. The molecular weight excluding hydrogens is 332 g/mol. The molecule has 0 amide bonds. The van der Waals surface area contributed by atoms with Crippen molar-refractivity contribution in [2.75, 3.05) is 0 Å². The summed E-state index contributed by atoms with van der Waals surface area (Å²) in [4.78, 5) is 11.6. The van der Waals surface area contributed by atoms with Gasteiger partial charge in [-0.25, -0.2) is 0 Å². The Bertz CT molecular complexity index is 637. The average Bonchev–Trinajstić information content (AvgIpc) is 2.78. The zero-order valence-electron chi connectivity index (χ0n) is 12.2. The Labute approximate surface area is 132 Å². The number of hydrogen-bond acceptors (Lipinski definition) is 2. The van der Waals surface area contributed by atoms with Crippen molar-refractivity contribution in [2.45, 2.75) is 33.2 Å². The molecule has 1 unspecified atom stereocenters. The molecule has 1 heterocycles. The number of carboxylic acid groups (broad SMARTS) is 1. The molecule has 0 saturated heterocycles. The first kappa shape index (κ1) is 15.8. The van der Waals surface area contributed by atoms with Crippen molar-refractivity contribution >= 4 is 21.9 Å². The number of aromatic nitrogens is 2. The third kappa shape index (κ3) is 4.17. The molecule has 1 N–H and O–H groups in total. The Morgan fingerprint density at radius 2 is 2.14 bits per heavy atom. The van der Waals surface area contributed by atoms with E-state index in [0.717, 1.165) is 28.0 Å². The molecule has 2 rings (SSSR count). The summed E-state index contributed by atoms with van der Waals surface area (Å²) in [5, 5.41) is 13.9. The van der Waals surface area contributed by atoms with Crippen LogP contribution in [0.3, 0.4) is 0 Å². The summed E-state index contributed by atoms with van der Waals surface area (Å²) in [5.74, 6) is -1.21. The lowest BCUT2D eigenvalue weighted by Crippen LogP contribution is -2.21. The van der Waals surface area contributed by atoms with E-state index < -0.39 is 11.9 Å². The Kier molecular flexibility index (Phi) is 5.17. The molecule has 0 aliphatic heterocycles. The molecule has 0 aliphatic rings. The second-order valence-corrected chi connectivity index (χ2v) is 6.08. The number of benzene rings is 1. The zero-order chi connectivity index (χ0) is 15.4. The molecule has 0 fully saturated rings. The van der Waals surface area contributed by atoms with Gasteiger partial charge in [0.05, 0.1) is 11.6 Å². The highest BCUT2D eigenvalue weighted by Crippen LogP contribution is 2.19. The van der Waals surface area contributed by atoms with Crippen LogP contribution in [0.1, 0.15) is 23.9 Å². The molecule has 5 heteroatoms. The number of halogens is 1. The maximum Gasteiger partial charge on any atom is 0.307 e. The topological polar surface area (TPSA) is 55.1 Å². The molecule has 21 heavy (non-hydrogen) atoms. The minimum Gasteiger partial charge on any atom is -0.481 e. The van der Waals surface area contributed by atoms with E-state index >= 15 is 0 Å². The largest absolute Gasteiger partial charge is 0.481 e. The number of hydrogen-bond donors (Lipinski definition) is 1. The number of nitrogens with zero attached hydrogens (tertiary/aromatic N) is 2. The second-order valence-electron chi connectivity index (χ2n) is 5.17. The van der Waals surface area contributed by atoms with E-state index in [-0.39, 0.29) is 0 Å². The van der Waals surface area contributed by atoms with Crippen molar-refractivity contribution in [2.24, 2.45) is 5.92 Å². The summed E-state index contributed by atoms with van der Waals surface area (Å²) in [6.07, 6.45) is 1.01. The summed E-state index contributed by atoms with van der Waals surface area (Å²) in [7, 11) is 0. The van der Waals surface area contributed by atoms with Gasteiger partial charge in [-0.15, -0.1) is 0 Å². The van der Waals surface area contributed by atoms with Gasteiger partial charge in [-0.2, -0.15) is 5.10 Å². The van der Waals surface area contributed by atoms with Crippen molar-refractivity contribution < 1.29 is 9.90 Å². The summed E-state index contributed by atoms with van der Waals surface area (Å²) in [6, 6.07) is 9.77. The first-order valence-electron chi connectivity index (χ1n) is 7.00. The van der Waals surface area contributed by atoms with Crippen LogP contribution in [0.2, 0.25) is 0 Å². The van der Waals surface area contributed by atoms with E-state index in [1.165, 1.54) is 0 Å². The van der Waals surface area contributed by atoms with E-state index in [1.54, 1.807) is 0 Å². The van der Waals surface area contributed by atoms with Crippen molar-refractivity contribution in [3.8, 4) is 0 Å². The van der Waals surface area contributed by atoms with Crippen LogP contribution in [-0.4, -0.2) is 20.9 Å². The molecular formula is C16H19BrN2O2. The molecule has 0 radical (unpaired) electrons. The predicted molar refractivity (Wildman–Crippen MR) is 85.3 cm³/mol. The summed E-state index contributed by atoms with van der Waals surface area (Å²) in [6.45, 7) is 4.70. The molecule has 1 aromatic heterocycles. The molecule has 0 saturated carbocycles. The van der Waals surface area contributed by atoms with E-state index in [1.807, 2.05) is 48.9 Å². The Hall–Kier alpha value is -1.62. The third-order valence-corrected chi connectivity index (χ3v) is 3.95. The molecule has 1 aromatic carbocycles. The van der Waals surface area contributed by atoms with Gasteiger partial charge in [-0.05, 0) is 44.0 Å². The van der Waals surface area contributed by atoms with Crippen LogP contribution in [0.25, 0.3) is 0 Å². The molecule has 0 spiro atoms. The van der Waals surface area contributed by atoms with Gasteiger partial charge in [0.15, 0.2) is 0 Å². The lowest BCUT2D eigenvalue weighted by atomic mass is 9.94. The highest BCUT2D eigenvalue weighted by molar-refractivity contribution is 9.10. The van der Waals surface area contributed by atoms with Gasteiger partial charge < -0.3 is 5.11 Å². The third-order valence-electron chi connectivity index (χ3n) is 3.46. The smallest absolute Gasteiger partial charge is 0.307 e. The zero-order valence-corrected chi connectivity index (χ0v) is 13.8. The molecule has 4 nitrogen and oxygen atoms in total. The van der Waals surface area contributed by atoms with E-state index in [4.69, 9.17) is 0 Å². The van der Waals surface area contributed by atoms with Crippen LogP contribution in [0, 0.1) is 12.8 Å². The van der Waals surface area contributed by atoms with Crippen molar-refractivity contribution in [1.82, 2.24) is 9.78 Å². The maximum absolute atomic E-state index is 11.6. The fourth-order valence-corrected chi connectivity index (χ4v) is 2.93. The Morgan fingerprint density at radius 3 is 2.76 bits per heavy atom. The fourth-order valence-electron chi connectivity index (χ4n) is 2.48. The number of rotatable bonds is 6. The predicted octanol–water partition coefficient (Wildman–Crippen LogP) is 3.46. The van der Waals surface area contributed by atoms with Crippen LogP contribution in [0.15, 0.2) is 34.8 Å². The van der Waals surface area contributed by atoms with Gasteiger partial charge in [-0.1, -0.05) is 28.1 Å². The van der Waals surface area contributed by atoms with Crippen molar-refractivity contribution in [1.29, 1.82) is 0 Å². The average molecular weight is 351 g/mol. The van der Waals surface area contributed by atoms with Gasteiger partial charge in [0, 0.05) is 23.1 Å². The van der Waals surface area contributed by atoms with Gasteiger partial charge in [0.2, 0.25) is 0 Å². The fraction of sp³-hybridized carbons (Fsp3) is 0.375. The first-order valence-corrected chi connectivity index (χ1v) is 7.79. The number of aryl methyl sites for hydroxylation is 2. The monoisotopic (exact) mass is 350 g/mol. The van der Waals surface area contributed by atoms with Crippen molar-refractivity contribution in [3.63, 3.8) is 0 Å². The van der Waals surface area contributed by atoms with Crippen LogP contribution in [0.4, 0.5) is 0 Å². The van der Waals surface area contributed by atoms with Gasteiger partial charge in [0.25, 0.3) is 0 Å². The standard InChI is InChI=1S/C16H19BrN2O2/c1-3-19-15(7-11(2)18-19)10-13(16(20)21)8-12-5-4-6-14(17)9-12/h4-7,9,13H,3,8,10H2,1-2H3,(H,20,21). The lowest BCUT2D eigenvalue weighted by Gasteiger charge is -2.13. The maximum atomic E-state index is 11.6. The SMILES string of the molecule is CCn1nc(C)cc1CC(Cc1cccc(Br)c1)C(=O)O. The lowest BCUT2D eigenvalue weighted by molar-refractivity contribution is -0.141. The minimum absolute atomic E-state index is 0.444. The van der Waals surface area contributed by atoms with E-state index in [0.29, 0.717) is 12.8 Å². The van der Waals surface area contributed by atoms with E-state index in [9.17, 15) is 9.90 Å². The van der Waals surface area contributed by atoms with Crippen LogP contribution >= 0.6 is 15.9 Å². The number of carbonyl (C=O) groups is 1. The van der Waals surface area contributed by atoms with Crippen molar-refractivity contribution in [3.05, 3.63) is 51.8 Å². The molecule has 0 bridgehead atoms. The molecule has 112 valence electrons.